The highest BCUT2D eigenvalue weighted by atomic mass is 35.5. The molecule has 0 spiro atoms. The molecule has 1 amide bonds. The number of nitrogens with zero attached hydrogens (tertiary/aromatic N) is 1. The molecule has 1 aromatic heterocycles. The standard InChI is InChI=1S/C19H15ClN2O/c20-16-8-5-14(6-9-16)13-22-19(23)10-7-15-11-12-21-18-4-2-1-3-17(15)18/h1-12H,13H2,(H,22,23)/b10-7-. The third-order valence-corrected chi connectivity index (χ3v) is 3.73. The SMILES string of the molecule is O=C(/C=C\c1ccnc2ccccc12)NCc1ccc(Cl)cc1. The highest BCUT2D eigenvalue weighted by Gasteiger charge is 2.00. The summed E-state index contributed by atoms with van der Waals surface area (Å²) in [6.07, 6.45) is 5.09. The van der Waals surface area contributed by atoms with Crippen molar-refractivity contribution >= 4 is 34.5 Å². The lowest BCUT2D eigenvalue weighted by molar-refractivity contribution is -0.116. The summed E-state index contributed by atoms with van der Waals surface area (Å²) in [6, 6.07) is 17.1. The molecule has 3 aromatic rings. The van der Waals surface area contributed by atoms with Gasteiger partial charge in [0, 0.05) is 29.2 Å². The number of carbonyl (C=O) groups excluding carboxylic acids is 1. The third-order valence-electron chi connectivity index (χ3n) is 3.48. The molecule has 0 fully saturated rings. The Morgan fingerprint density at radius 2 is 1.87 bits per heavy atom. The van der Waals surface area contributed by atoms with E-state index in [-0.39, 0.29) is 5.91 Å². The van der Waals surface area contributed by atoms with Gasteiger partial charge in [-0.3, -0.25) is 9.78 Å². The van der Waals surface area contributed by atoms with Crippen molar-refractivity contribution in [3.8, 4) is 0 Å². The smallest absolute Gasteiger partial charge is 0.244 e. The lowest BCUT2D eigenvalue weighted by Crippen LogP contribution is -2.20. The molecular formula is C19H15ClN2O. The molecule has 3 nitrogen and oxygen atoms in total. The largest absolute Gasteiger partial charge is 0.348 e. The van der Waals surface area contributed by atoms with Crippen LogP contribution in [0.3, 0.4) is 0 Å². The Balaban J connectivity index is 1.67. The molecule has 1 heterocycles. The van der Waals surface area contributed by atoms with E-state index >= 15 is 0 Å². The molecule has 2 aromatic carbocycles. The minimum absolute atomic E-state index is 0.138. The Hall–Kier alpha value is -2.65. The zero-order valence-corrected chi connectivity index (χ0v) is 13.1. The summed E-state index contributed by atoms with van der Waals surface area (Å²) in [6.45, 7) is 0.470. The number of amides is 1. The number of rotatable bonds is 4. The van der Waals surface area contributed by atoms with Gasteiger partial charge in [-0.1, -0.05) is 41.9 Å². The van der Waals surface area contributed by atoms with Gasteiger partial charge in [-0.25, -0.2) is 0 Å². The molecule has 0 atom stereocenters. The summed E-state index contributed by atoms with van der Waals surface area (Å²) in [5, 5.41) is 4.56. The fourth-order valence-electron chi connectivity index (χ4n) is 2.28. The van der Waals surface area contributed by atoms with Gasteiger partial charge in [0.15, 0.2) is 0 Å². The molecular weight excluding hydrogens is 308 g/mol. The molecule has 0 aliphatic rings. The summed E-state index contributed by atoms with van der Waals surface area (Å²) < 4.78 is 0. The van der Waals surface area contributed by atoms with Crippen LogP contribution >= 0.6 is 11.6 Å². The van der Waals surface area contributed by atoms with Crippen LogP contribution in [0, 0.1) is 0 Å². The zero-order chi connectivity index (χ0) is 16.1. The van der Waals surface area contributed by atoms with E-state index in [0.29, 0.717) is 11.6 Å². The first-order valence-electron chi connectivity index (χ1n) is 7.26. The molecule has 0 bridgehead atoms. The first-order chi connectivity index (χ1) is 11.2. The Morgan fingerprint density at radius 1 is 1.09 bits per heavy atom. The van der Waals surface area contributed by atoms with E-state index in [1.54, 1.807) is 12.3 Å². The topological polar surface area (TPSA) is 42.0 Å². The van der Waals surface area contributed by atoms with Crippen LogP contribution in [0.4, 0.5) is 0 Å². The highest BCUT2D eigenvalue weighted by Crippen LogP contribution is 2.17. The Morgan fingerprint density at radius 3 is 2.70 bits per heavy atom. The van der Waals surface area contributed by atoms with Gasteiger partial charge < -0.3 is 5.32 Å². The fraction of sp³-hybridized carbons (Fsp3) is 0.0526. The normalized spacial score (nSPS) is 11.0. The Bertz CT molecular complexity index is 851. The minimum atomic E-state index is -0.138. The number of hydrogen-bond acceptors (Lipinski definition) is 2. The fourth-order valence-corrected chi connectivity index (χ4v) is 2.41. The maximum absolute atomic E-state index is 12.0. The van der Waals surface area contributed by atoms with Crippen molar-refractivity contribution in [3.05, 3.63) is 83.0 Å². The van der Waals surface area contributed by atoms with Gasteiger partial charge in [0.05, 0.1) is 5.52 Å². The second-order valence-electron chi connectivity index (χ2n) is 5.09. The van der Waals surface area contributed by atoms with E-state index in [9.17, 15) is 4.79 Å². The number of aromatic nitrogens is 1. The molecule has 114 valence electrons. The van der Waals surface area contributed by atoms with Crippen LogP contribution in [-0.2, 0) is 11.3 Å². The zero-order valence-electron chi connectivity index (χ0n) is 12.4. The molecule has 0 saturated heterocycles. The van der Waals surface area contributed by atoms with Crippen molar-refractivity contribution in [2.45, 2.75) is 6.54 Å². The number of benzene rings is 2. The van der Waals surface area contributed by atoms with Gasteiger partial charge in [0.25, 0.3) is 0 Å². The lowest BCUT2D eigenvalue weighted by atomic mass is 10.1. The van der Waals surface area contributed by atoms with E-state index in [1.165, 1.54) is 6.08 Å². The third kappa shape index (κ3) is 3.96. The average molecular weight is 323 g/mol. The molecule has 0 saturated carbocycles. The second-order valence-corrected chi connectivity index (χ2v) is 5.53. The number of carbonyl (C=O) groups is 1. The molecule has 0 aliphatic heterocycles. The first-order valence-corrected chi connectivity index (χ1v) is 7.64. The first kappa shape index (κ1) is 15.3. The maximum atomic E-state index is 12.0. The van der Waals surface area contributed by atoms with Crippen molar-refractivity contribution in [2.75, 3.05) is 0 Å². The maximum Gasteiger partial charge on any atom is 0.244 e. The van der Waals surface area contributed by atoms with Crippen molar-refractivity contribution in [1.29, 1.82) is 0 Å². The molecule has 23 heavy (non-hydrogen) atoms. The monoisotopic (exact) mass is 322 g/mol. The number of nitrogens with one attached hydrogen (secondary N) is 1. The molecule has 1 N–H and O–H groups in total. The number of hydrogen-bond donors (Lipinski definition) is 1. The summed E-state index contributed by atoms with van der Waals surface area (Å²) in [5.74, 6) is -0.138. The number of fused-ring (bicyclic) bond motifs is 1. The molecule has 0 unspecified atom stereocenters. The Kier molecular flexibility index (Phi) is 4.69. The van der Waals surface area contributed by atoms with Crippen molar-refractivity contribution in [2.24, 2.45) is 0 Å². The van der Waals surface area contributed by atoms with E-state index in [0.717, 1.165) is 22.0 Å². The minimum Gasteiger partial charge on any atom is -0.348 e. The molecule has 3 rings (SSSR count). The molecule has 4 heteroatoms. The van der Waals surface area contributed by atoms with Crippen LogP contribution in [0.25, 0.3) is 17.0 Å². The van der Waals surface area contributed by atoms with E-state index in [2.05, 4.69) is 10.3 Å². The van der Waals surface area contributed by atoms with Crippen molar-refractivity contribution in [3.63, 3.8) is 0 Å². The van der Waals surface area contributed by atoms with Gasteiger partial charge in [0.1, 0.15) is 0 Å². The van der Waals surface area contributed by atoms with E-state index in [1.807, 2.05) is 54.6 Å². The highest BCUT2D eigenvalue weighted by molar-refractivity contribution is 6.30. The predicted molar refractivity (Wildman–Crippen MR) is 94.1 cm³/mol. The Labute approximate surface area is 139 Å². The lowest BCUT2D eigenvalue weighted by Gasteiger charge is -2.03. The molecule has 0 radical (unpaired) electrons. The summed E-state index contributed by atoms with van der Waals surface area (Å²) in [4.78, 5) is 16.3. The average Bonchev–Trinajstić information content (AvgIpc) is 2.59. The summed E-state index contributed by atoms with van der Waals surface area (Å²) in [7, 11) is 0. The summed E-state index contributed by atoms with van der Waals surface area (Å²) in [5.41, 5.74) is 2.89. The number of halogens is 1. The van der Waals surface area contributed by atoms with Gasteiger partial charge in [-0.05, 0) is 41.5 Å². The van der Waals surface area contributed by atoms with Gasteiger partial charge in [-0.2, -0.15) is 0 Å². The van der Waals surface area contributed by atoms with Crippen LogP contribution in [0.1, 0.15) is 11.1 Å². The van der Waals surface area contributed by atoms with Gasteiger partial charge in [-0.15, -0.1) is 0 Å². The molecule has 0 aliphatic carbocycles. The van der Waals surface area contributed by atoms with E-state index in [4.69, 9.17) is 11.6 Å². The van der Waals surface area contributed by atoms with E-state index < -0.39 is 0 Å². The van der Waals surface area contributed by atoms with Crippen molar-refractivity contribution in [1.82, 2.24) is 10.3 Å². The van der Waals surface area contributed by atoms with Crippen LogP contribution in [0.15, 0.2) is 66.9 Å². The van der Waals surface area contributed by atoms with Gasteiger partial charge in [0.2, 0.25) is 5.91 Å². The number of pyridine rings is 1. The van der Waals surface area contributed by atoms with Gasteiger partial charge >= 0.3 is 0 Å². The van der Waals surface area contributed by atoms with Crippen LogP contribution in [0.5, 0.6) is 0 Å². The second kappa shape index (κ2) is 7.07. The quantitative estimate of drug-likeness (QED) is 0.731. The van der Waals surface area contributed by atoms with Crippen LogP contribution < -0.4 is 5.32 Å². The summed E-state index contributed by atoms with van der Waals surface area (Å²) >= 11 is 5.84. The van der Waals surface area contributed by atoms with Crippen LogP contribution in [0.2, 0.25) is 5.02 Å². The van der Waals surface area contributed by atoms with Crippen LogP contribution in [-0.4, -0.2) is 10.9 Å². The van der Waals surface area contributed by atoms with Crippen molar-refractivity contribution < 1.29 is 4.79 Å². The number of para-hydroxylation sites is 1. The predicted octanol–water partition coefficient (Wildman–Crippen LogP) is 4.22.